The van der Waals surface area contributed by atoms with E-state index in [0.29, 0.717) is 5.92 Å². The van der Waals surface area contributed by atoms with Gasteiger partial charge < -0.3 is 9.73 Å². The number of furan rings is 1. The number of piperidine rings is 1. The summed E-state index contributed by atoms with van der Waals surface area (Å²) < 4.78 is 5.96. The van der Waals surface area contributed by atoms with Gasteiger partial charge in [-0.2, -0.15) is 0 Å². The minimum atomic E-state index is 0.688. The first kappa shape index (κ1) is 16.6. The molecule has 1 aromatic rings. The van der Waals surface area contributed by atoms with Crippen molar-refractivity contribution in [2.45, 2.75) is 54.1 Å². The fourth-order valence-electron chi connectivity index (χ4n) is 3.48. The second-order valence-electron chi connectivity index (χ2n) is 7.46. The van der Waals surface area contributed by atoms with Gasteiger partial charge in [0.25, 0.3) is 0 Å². The van der Waals surface area contributed by atoms with Crippen molar-refractivity contribution < 1.29 is 4.42 Å². The molecular weight excluding hydrogens is 260 g/mol. The van der Waals surface area contributed by atoms with Crippen LogP contribution in [0.15, 0.2) is 10.5 Å². The van der Waals surface area contributed by atoms with Crippen molar-refractivity contribution in [1.29, 1.82) is 0 Å². The number of hydrogen-bond donors (Lipinski definition) is 1. The summed E-state index contributed by atoms with van der Waals surface area (Å²) in [6.45, 7) is 16.6. The number of aryl methyl sites for hydroxylation is 1. The molecule has 0 spiro atoms. The summed E-state index contributed by atoms with van der Waals surface area (Å²) in [4.78, 5) is 2.54. The molecule has 1 fully saturated rings. The summed E-state index contributed by atoms with van der Waals surface area (Å²) in [6.07, 6.45) is 1.36. The molecule has 21 heavy (non-hydrogen) atoms. The van der Waals surface area contributed by atoms with Crippen LogP contribution in [0.1, 0.15) is 51.2 Å². The van der Waals surface area contributed by atoms with Crippen molar-refractivity contribution in [2.24, 2.45) is 17.8 Å². The minimum Gasteiger partial charge on any atom is -0.465 e. The van der Waals surface area contributed by atoms with Gasteiger partial charge in [0.1, 0.15) is 11.5 Å². The zero-order valence-corrected chi connectivity index (χ0v) is 14.4. The maximum absolute atomic E-state index is 5.96. The molecule has 0 aliphatic carbocycles. The van der Waals surface area contributed by atoms with Gasteiger partial charge in [-0.05, 0) is 43.7 Å². The normalized spacial score (nSPS) is 23.9. The lowest BCUT2D eigenvalue weighted by Gasteiger charge is -2.34. The zero-order chi connectivity index (χ0) is 15.4. The summed E-state index contributed by atoms with van der Waals surface area (Å²) in [5, 5.41) is 3.50. The molecule has 0 saturated carbocycles. The van der Waals surface area contributed by atoms with E-state index in [2.05, 4.69) is 50.9 Å². The van der Waals surface area contributed by atoms with Crippen LogP contribution < -0.4 is 5.32 Å². The molecule has 2 unspecified atom stereocenters. The third-order valence-corrected chi connectivity index (χ3v) is 4.26. The third-order valence-electron chi connectivity index (χ3n) is 4.26. The Morgan fingerprint density at radius 1 is 1.29 bits per heavy atom. The predicted octanol–water partition coefficient (Wildman–Crippen LogP) is 3.81. The van der Waals surface area contributed by atoms with Gasteiger partial charge >= 0.3 is 0 Å². The lowest BCUT2D eigenvalue weighted by atomic mass is 9.92. The number of likely N-dealkylation sites (tertiary alicyclic amines) is 1. The van der Waals surface area contributed by atoms with Crippen LogP contribution in [0.2, 0.25) is 0 Å². The molecule has 1 saturated heterocycles. The average molecular weight is 292 g/mol. The van der Waals surface area contributed by atoms with Gasteiger partial charge in [-0.3, -0.25) is 4.90 Å². The van der Waals surface area contributed by atoms with Crippen molar-refractivity contribution >= 4 is 0 Å². The highest BCUT2D eigenvalue weighted by Gasteiger charge is 2.22. The molecule has 0 bridgehead atoms. The largest absolute Gasteiger partial charge is 0.465 e. The molecule has 1 aromatic heterocycles. The Bertz CT molecular complexity index is 428. The molecule has 3 heteroatoms. The van der Waals surface area contributed by atoms with Crippen LogP contribution in [0.25, 0.3) is 0 Å². The van der Waals surface area contributed by atoms with Crippen molar-refractivity contribution in [3.05, 3.63) is 23.2 Å². The standard InChI is InChI=1S/C18H32N2O/c1-13(2)8-19-9-17-7-18(21-16(17)5)12-20-10-14(3)6-15(4)11-20/h7,13-15,19H,6,8-12H2,1-5H3. The number of hydrogen-bond acceptors (Lipinski definition) is 3. The van der Waals surface area contributed by atoms with Gasteiger partial charge in [0.05, 0.1) is 6.54 Å². The van der Waals surface area contributed by atoms with Gasteiger partial charge in [-0.25, -0.2) is 0 Å². The first-order valence-electron chi connectivity index (χ1n) is 8.45. The predicted molar refractivity (Wildman–Crippen MR) is 88.2 cm³/mol. The van der Waals surface area contributed by atoms with E-state index in [1.165, 1.54) is 25.1 Å². The van der Waals surface area contributed by atoms with Crippen LogP contribution in [-0.4, -0.2) is 24.5 Å². The van der Waals surface area contributed by atoms with Crippen molar-refractivity contribution in [2.75, 3.05) is 19.6 Å². The van der Waals surface area contributed by atoms with E-state index < -0.39 is 0 Å². The second kappa shape index (κ2) is 7.46. The highest BCUT2D eigenvalue weighted by molar-refractivity contribution is 5.20. The molecule has 1 aliphatic heterocycles. The summed E-state index contributed by atoms with van der Waals surface area (Å²) in [5.41, 5.74) is 1.31. The monoisotopic (exact) mass is 292 g/mol. The molecule has 120 valence electrons. The molecule has 3 nitrogen and oxygen atoms in total. The smallest absolute Gasteiger partial charge is 0.118 e. The maximum Gasteiger partial charge on any atom is 0.118 e. The fourth-order valence-corrected chi connectivity index (χ4v) is 3.48. The SMILES string of the molecule is Cc1oc(CN2CC(C)CC(C)C2)cc1CNCC(C)C. The number of nitrogens with zero attached hydrogens (tertiary/aromatic N) is 1. The summed E-state index contributed by atoms with van der Waals surface area (Å²) >= 11 is 0. The average Bonchev–Trinajstić information content (AvgIpc) is 2.67. The van der Waals surface area contributed by atoms with E-state index in [4.69, 9.17) is 4.42 Å². The molecule has 1 aliphatic rings. The molecule has 1 N–H and O–H groups in total. The van der Waals surface area contributed by atoms with Gasteiger partial charge in [0.15, 0.2) is 0 Å². The van der Waals surface area contributed by atoms with Gasteiger partial charge in [0, 0.05) is 25.2 Å². The molecule has 2 atom stereocenters. The summed E-state index contributed by atoms with van der Waals surface area (Å²) in [6, 6.07) is 2.24. The molecule has 0 radical (unpaired) electrons. The fraction of sp³-hybridized carbons (Fsp3) is 0.778. The third kappa shape index (κ3) is 5.15. The Morgan fingerprint density at radius 3 is 2.57 bits per heavy atom. The van der Waals surface area contributed by atoms with Crippen LogP contribution in [-0.2, 0) is 13.1 Å². The Hall–Kier alpha value is -0.800. The highest BCUT2D eigenvalue weighted by atomic mass is 16.3. The maximum atomic E-state index is 5.96. The quantitative estimate of drug-likeness (QED) is 0.864. The minimum absolute atomic E-state index is 0.688. The van der Waals surface area contributed by atoms with Crippen molar-refractivity contribution in [3.63, 3.8) is 0 Å². The van der Waals surface area contributed by atoms with E-state index in [0.717, 1.165) is 43.0 Å². The molecule has 0 amide bonds. The van der Waals surface area contributed by atoms with E-state index in [1.54, 1.807) is 0 Å². The van der Waals surface area contributed by atoms with E-state index >= 15 is 0 Å². The Labute approximate surface area is 130 Å². The summed E-state index contributed by atoms with van der Waals surface area (Å²) in [5.74, 6) is 4.48. The van der Waals surface area contributed by atoms with Gasteiger partial charge in [-0.15, -0.1) is 0 Å². The highest BCUT2D eigenvalue weighted by Crippen LogP contribution is 2.24. The molecule has 0 aromatic carbocycles. The van der Waals surface area contributed by atoms with Crippen molar-refractivity contribution in [1.82, 2.24) is 10.2 Å². The topological polar surface area (TPSA) is 28.4 Å². The Kier molecular flexibility index (Phi) is 5.88. The molecule has 2 rings (SSSR count). The van der Waals surface area contributed by atoms with E-state index in [1.807, 2.05) is 0 Å². The summed E-state index contributed by atoms with van der Waals surface area (Å²) in [7, 11) is 0. The van der Waals surface area contributed by atoms with E-state index in [-0.39, 0.29) is 0 Å². The molecule has 2 heterocycles. The lowest BCUT2D eigenvalue weighted by Crippen LogP contribution is -2.37. The van der Waals surface area contributed by atoms with Gasteiger partial charge in [0.2, 0.25) is 0 Å². The Balaban J connectivity index is 1.89. The van der Waals surface area contributed by atoms with Crippen LogP contribution >= 0.6 is 0 Å². The number of rotatable bonds is 6. The van der Waals surface area contributed by atoms with E-state index in [9.17, 15) is 0 Å². The van der Waals surface area contributed by atoms with Crippen molar-refractivity contribution in [3.8, 4) is 0 Å². The number of nitrogens with one attached hydrogen (secondary N) is 1. The Morgan fingerprint density at radius 2 is 1.95 bits per heavy atom. The first-order chi connectivity index (χ1) is 9.94. The van der Waals surface area contributed by atoms with Gasteiger partial charge in [-0.1, -0.05) is 27.7 Å². The zero-order valence-electron chi connectivity index (χ0n) is 14.4. The van der Waals surface area contributed by atoms with Crippen LogP contribution in [0.3, 0.4) is 0 Å². The van der Waals surface area contributed by atoms with Crippen LogP contribution in [0, 0.1) is 24.7 Å². The van der Waals surface area contributed by atoms with Crippen LogP contribution in [0.4, 0.5) is 0 Å². The first-order valence-corrected chi connectivity index (χ1v) is 8.45. The second-order valence-corrected chi connectivity index (χ2v) is 7.46. The lowest BCUT2D eigenvalue weighted by molar-refractivity contribution is 0.126. The van der Waals surface area contributed by atoms with Crippen LogP contribution in [0.5, 0.6) is 0 Å². The molecular formula is C18H32N2O.